The maximum absolute atomic E-state index is 12.8. The van der Waals surface area contributed by atoms with Crippen molar-refractivity contribution >= 4 is 22.7 Å². The monoisotopic (exact) mass is 637 g/mol. The number of allylic oxidation sites excluding steroid dienone is 4. The molecule has 0 aromatic carbocycles. The lowest BCUT2D eigenvalue weighted by molar-refractivity contribution is -0.121. The lowest BCUT2D eigenvalue weighted by atomic mass is 10.0. The standard InChI is InChI=1S/C39H72O4S/c1-3-5-7-9-11-13-15-17-19-21-23-25-27-29-31-33-36(41)39(37(42)35-40)44-38(43)34-32-30-28-26-24-22-20-18-16-14-12-10-8-6-4-2/h17-20,37,39-40,42H,3-16,21-35H2,1-2H3. The van der Waals surface area contributed by atoms with Crippen molar-refractivity contribution in [1.29, 1.82) is 0 Å². The molecule has 44 heavy (non-hydrogen) atoms. The number of carbonyl (C=O) groups excluding carboxylic acids is 2. The third kappa shape index (κ3) is 29.8. The first-order valence-corrected chi connectivity index (χ1v) is 19.8. The molecule has 0 aromatic heterocycles. The Labute approximate surface area is 277 Å². The minimum absolute atomic E-state index is 0.0435. The van der Waals surface area contributed by atoms with Gasteiger partial charge in [-0.1, -0.05) is 153 Å². The molecule has 0 spiro atoms. The molecule has 0 amide bonds. The topological polar surface area (TPSA) is 74.6 Å². The van der Waals surface area contributed by atoms with E-state index in [0.29, 0.717) is 12.8 Å². The van der Waals surface area contributed by atoms with E-state index in [1.54, 1.807) is 0 Å². The van der Waals surface area contributed by atoms with E-state index in [-0.39, 0.29) is 10.9 Å². The molecule has 0 saturated carbocycles. The summed E-state index contributed by atoms with van der Waals surface area (Å²) in [6.07, 6.45) is 40.4. The molecule has 4 nitrogen and oxygen atoms in total. The maximum Gasteiger partial charge on any atom is 0.189 e. The number of hydrogen-bond donors (Lipinski definition) is 2. The average molecular weight is 637 g/mol. The first-order chi connectivity index (χ1) is 21.6. The van der Waals surface area contributed by atoms with Crippen LogP contribution in [0.4, 0.5) is 0 Å². The van der Waals surface area contributed by atoms with Crippen LogP contribution in [0.5, 0.6) is 0 Å². The number of rotatable bonds is 34. The zero-order valence-corrected chi connectivity index (χ0v) is 29.9. The Morgan fingerprint density at radius 1 is 0.523 bits per heavy atom. The second-order valence-electron chi connectivity index (χ2n) is 12.8. The first kappa shape index (κ1) is 43.1. The quantitative estimate of drug-likeness (QED) is 0.0543. The molecule has 2 N–H and O–H groups in total. The summed E-state index contributed by atoms with van der Waals surface area (Å²) in [5, 5.41) is 18.8. The van der Waals surface area contributed by atoms with Crippen LogP contribution in [-0.4, -0.2) is 39.1 Å². The van der Waals surface area contributed by atoms with Gasteiger partial charge in [0.1, 0.15) is 5.78 Å². The number of hydrogen-bond acceptors (Lipinski definition) is 5. The Kier molecular flexibility index (Phi) is 34.2. The van der Waals surface area contributed by atoms with Crippen molar-refractivity contribution in [2.75, 3.05) is 6.61 Å². The van der Waals surface area contributed by atoms with Crippen LogP contribution in [0.15, 0.2) is 24.3 Å². The van der Waals surface area contributed by atoms with Gasteiger partial charge < -0.3 is 10.2 Å². The highest BCUT2D eigenvalue weighted by Gasteiger charge is 2.28. The SMILES string of the molecule is CCCCCCCCC=CCCCCCCCC(=O)SC(C(=O)CCCCCCCC=CCCCCCCCC)C(O)CO. The number of ketones is 1. The van der Waals surface area contributed by atoms with E-state index >= 15 is 0 Å². The van der Waals surface area contributed by atoms with Gasteiger partial charge in [0.05, 0.1) is 18.0 Å². The van der Waals surface area contributed by atoms with E-state index in [9.17, 15) is 19.8 Å². The van der Waals surface area contributed by atoms with Crippen molar-refractivity contribution < 1.29 is 19.8 Å². The van der Waals surface area contributed by atoms with Crippen LogP contribution in [0.3, 0.4) is 0 Å². The first-order valence-electron chi connectivity index (χ1n) is 18.9. The third-order valence-electron chi connectivity index (χ3n) is 8.44. The number of Topliss-reactive ketones (excluding diaryl/α,β-unsaturated/α-hetero) is 1. The van der Waals surface area contributed by atoms with Gasteiger partial charge in [-0.2, -0.15) is 0 Å². The molecule has 0 aliphatic heterocycles. The molecule has 0 aromatic rings. The molecule has 0 rings (SSSR count). The van der Waals surface area contributed by atoms with Gasteiger partial charge in [-0.15, -0.1) is 0 Å². The largest absolute Gasteiger partial charge is 0.394 e. The number of aliphatic hydroxyl groups is 2. The van der Waals surface area contributed by atoms with Gasteiger partial charge in [-0.3, -0.25) is 9.59 Å². The van der Waals surface area contributed by atoms with Crippen molar-refractivity contribution in [2.24, 2.45) is 0 Å². The summed E-state index contributed by atoms with van der Waals surface area (Å²) in [6, 6.07) is 0. The van der Waals surface area contributed by atoms with Gasteiger partial charge in [0.25, 0.3) is 0 Å². The molecule has 0 bridgehead atoms. The van der Waals surface area contributed by atoms with Crippen molar-refractivity contribution in [2.45, 2.75) is 205 Å². The van der Waals surface area contributed by atoms with Gasteiger partial charge in [-0.25, -0.2) is 0 Å². The van der Waals surface area contributed by atoms with E-state index in [2.05, 4.69) is 38.2 Å². The summed E-state index contributed by atoms with van der Waals surface area (Å²) in [5.41, 5.74) is 0. The molecule has 0 fully saturated rings. The average Bonchev–Trinajstić information content (AvgIpc) is 3.03. The van der Waals surface area contributed by atoms with Crippen LogP contribution in [0.1, 0.15) is 194 Å². The van der Waals surface area contributed by atoms with Crippen molar-refractivity contribution in [3.05, 3.63) is 24.3 Å². The molecule has 2 unspecified atom stereocenters. The van der Waals surface area contributed by atoms with Gasteiger partial charge in [0.2, 0.25) is 0 Å². The molecule has 2 atom stereocenters. The van der Waals surface area contributed by atoms with E-state index in [1.807, 2.05) is 0 Å². The summed E-state index contributed by atoms with van der Waals surface area (Å²) < 4.78 is 0. The fraction of sp³-hybridized carbons (Fsp3) is 0.846. The lowest BCUT2D eigenvalue weighted by Crippen LogP contribution is -2.35. The molecule has 258 valence electrons. The van der Waals surface area contributed by atoms with Crippen LogP contribution in [0.25, 0.3) is 0 Å². The van der Waals surface area contributed by atoms with Crippen LogP contribution in [0.2, 0.25) is 0 Å². The van der Waals surface area contributed by atoms with E-state index in [4.69, 9.17) is 0 Å². The summed E-state index contributed by atoms with van der Waals surface area (Å²) in [4.78, 5) is 25.3. The maximum atomic E-state index is 12.8. The number of unbranched alkanes of at least 4 members (excludes halogenated alkanes) is 22. The van der Waals surface area contributed by atoms with Crippen LogP contribution in [-0.2, 0) is 9.59 Å². The van der Waals surface area contributed by atoms with Crippen LogP contribution < -0.4 is 0 Å². The Morgan fingerprint density at radius 2 is 0.864 bits per heavy atom. The normalized spacial score (nSPS) is 13.3. The smallest absolute Gasteiger partial charge is 0.189 e. The molecule has 0 radical (unpaired) electrons. The van der Waals surface area contributed by atoms with Crippen molar-refractivity contribution in [1.82, 2.24) is 0 Å². The number of aliphatic hydroxyl groups excluding tert-OH is 2. The minimum Gasteiger partial charge on any atom is -0.394 e. The Morgan fingerprint density at radius 3 is 1.25 bits per heavy atom. The van der Waals surface area contributed by atoms with Crippen LogP contribution in [0, 0.1) is 0 Å². The lowest BCUT2D eigenvalue weighted by Gasteiger charge is -2.19. The fourth-order valence-corrected chi connectivity index (χ4v) is 6.55. The van der Waals surface area contributed by atoms with E-state index in [1.165, 1.54) is 116 Å². The molecule has 5 heteroatoms. The predicted molar refractivity (Wildman–Crippen MR) is 193 cm³/mol. The molecule has 0 aliphatic carbocycles. The summed E-state index contributed by atoms with van der Waals surface area (Å²) >= 11 is 0.944. The zero-order valence-electron chi connectivity index (χ0n) is 29.1. The second-order valence-corrected chi connectivity index (χ2v) is 14.0. The van der Waals surface area contributed by atoms with E-state index in [0.717, 1.165) is 63.1 Å². The van der Waals surface area contributed by atoms with Gasteiger partial charge >= 0.3 is 0 Å². The summed E-state index contributed by atoms with van der Waals surface area (Å²) in [7, 11) is 0. The summed E-state index contributed by atoms with van der Waals surface area (Å²) in [6.45, 7) is 4.03. The highest BCUT2D eigenvalue weighted by atomic mass is 32.2. The van der Waals surface area contributed by atoms with Crippen molar-refractivity contribution in [3.8, 4) is 0 Å². The molecule has 0 aliphatic rings. The highest BCUT2D eigenvalue weighted by molar-refractivity contribution is 8.14. The third-order valence-corrected chi connectivity index (χ3v) is 9.74. The summed E-state index contributed by atoms with van der Waals surface area (Å²) in [5.74, 6) is -0.105. The number of thioether (sulfide) groups is 1. The second kappa shape index (κ2) is 35.0. The van der Waals surface area contributed by atoms with Crippen molar-refractivity contribution in [3.63, 3.8) is 0 Å². The molecule has 0 saturated heterocycles. The number of carbonyl (C=O) groups is 2. The molecular weight excluding hydrogens is 564 g/mol. The Bertz CT molecular complexity index is 690. The highest BCUT2D eigenvalue weighted by Crippen LogP contribution is 2.23. The molecular formula is C39H72O4S. The van der Waals surface area contributed by atoms with Crippen LogP contribution >= 0.6 is 11.8 Å². The van der Waals surface area contributed by atoms with Gasteiger partial charge in [0.15, 0.2) is 5.12 Å². The van der Waals surface area contributed by atoms with E-state index < -0.39 is 18.0 Å². The predicted octanol–water partition coefficient (Wildman–Crippen LogP) is 11.6. The van der Waals surface area contributed by atoms with Gasteiger partial charge in [0, 0.05) is 12.8 Å². The minimum atomic E-state index is -1.17. The Balaban J connectivity index is 3.84. The van der Waals surface area contributed by atoms with Gasteiger partial charge in [-0.05, 0) is 64.2 Å². The molecule has 0 heterocycles. The zero-order chi connectivity index (χ0) is 32.4. The Hall–Kier alpha value is -0.910. The fourth-order valence-electron chi connectivity index (χ4n) is 5.51.